The molecule has 0 aromatic carbocycles. The normalized spacial score (nSPS) is 25.8. The first-order valence-corrected chi connectivity index (χ1v) is 5.85. The molecule has 0 radical (unpaired) electrons. The summed E-state index contributed by atoms with van der Waals surface area (Å²) in [5, 5.41) is 24.4. The SMILES string of the molecule is CCC(CO)(CO)NC(=O)C1NCCC1C. The smallest absolute Gasteiger partial charge is 0.238 e. The summed E-state index contributed by atoms with van der Waals surface area (Å²) in [6.07, 6.45) is 1.49. The van der Waals surface area contributed by atoms with Crippen LogP contribution in [0, 0.1) is 5.92 Å². The van der Waals surface area contributed by atoms with Crippen molar-refractivity contribution < 1.29 is 15.0 Å². The van der Waals surface area contributed by atoms with E-state index >= 15 is 0 Å². The largest absolute Gasteiger partial charge is 0.394 e. The molecule has 0 aliphatic carbocycles. The van der Waals surface area contributed by atoms with Crippen LogP contribution in [0.15, 0.2) is 0 Å². The summed E-state index contributed by atoms with van der Waals surface area (Å²) in [5.41, 5.74) is -0.888. The predicted octanol–water partition coefficient (Wildman–Crippen LogP) is -0.766. The lowest BCUT2D eigenvalue weighted by atomic mass is 9.96. The average molecular weight is 230 g/mol. The van der Waals surface area contributed by atoms with E-state index in [4.69, 9.17) is 0 Å². The molecule has 1 amide bonds. The first-order valence-electron chi connectivity index (χ1n) is 5.85. The molecule has 0 aromatic rings. The van der Waals surface area contributed by atoms with Gasteiger partial charge in [0.15, 0.2) is 0 Å². The van der Waals surface area contributed by atoms with E-state index in [9.17, 15) is 15.0 Å². The molecule has 0 saturated carbocycles. The molecule has 1 saturated heterocycles. The minimum absolute atomic E-state index is 0.130. The van der Waals surface area contributed by atoms with Crippen LogP contribution < -0.4 is 10.6 Å². The summed E-state index contributed by atoms with van der Waals surface area (Å²) in [7, 11) is 0. The molecule has 1 aliphatic heterocycles. The summed E-state index contributed by atoms with van der Waals surface area (Å²) in [4.78, 5) is 12.0. The Balaban J connectivity index is 2.61. The van der Waals surface area contributed by atoms with Crippen molar-refractivity contribution in [1.82, 2.24) is 10.6 Å². The molecular formula is C11H22N2O3. The number of rotatable bonds is 5. The molecule has 94 valence electrons. The number of hydrogen-bond donors (Lipinski definition) is 4. The standard InChI is InChI=1S/C11H22N2O3/c1-3-11(6-14,7-15)13-10(16)9-8(2)4-5-12-9/h8-9,12,14-15H,3-7H2,1-2H3,(H,13,16). The number of aliphatic hydroxyl groups is 2. The number of nitrogens with one attached hydrogen (secondary N) is 2. The highest BCUT2D eigenvalue weighted by Crippen LogP contribution is 2.16. The Hall–Kier alpha value is -0.650. The number of aliphatic hydroxyl groups excluding tert-OH is 2. The Morgan fingerprint density at radius 3 is 2.50 bits per heavy atom. The zero-order valence-electron chi connectivity index (χ0n) is 9.99. The van der Waals surface area contributed by atoms with Gasteiger partial charge in [0.05, 0.1) is 24.8 Å². The van der Waals surface area contributed by atoms with Crippen molar-refractivity contribution >= 4 is 5.91 Å². The molecule has 16 heavy (non-hydrogen) atoms. The molecule has 4 N–H and O–H groups in total. The molecule has 5 heteroatoms. The van der Waals surface area contributed by atoms with Gasteiger partial charge >= 0.3 is 0 Å². The lowest BCUT2D eigenvalue weighted by Gasteiger charge is -2.31. The van der Waals surface area contributed by atoms with Gasteiger partial charge in [-0.15, -0.1) is 0 Å². The quantitative estimate of drug-likeness (QED) is 0.500. The Kier molecular flexibility index (Phi) is 4.70. The second-order valence-corrected chi connectivity index (χ2v) is 4.64. The highest BCUT2D eigenvalue weighted by molar-refractivity contribution is 5.83. The predicted molar refractivity (Wildman–Crippen MR) is 60.9 cm³/mol. The fourth-order valence-electron chi connectivity index (χ4n) is 1.97. The van der Waals surface area contributed by atoms with Crippen LogP contribution in [-0.2, 0) is 4.79 Å². The second kappa shape index (κ2) is 5.61. The van der Waals surface area contributed by atoms with Crippen LogP contribution >= 0.6 is 0 Å². The van der Waals surface area contributed by atoms with Gasteiger partial charge in [-0.1, -0.05) is 13.8 Å². The van der Waals surface area contributed by atoms with E-state index in [-0.39, 0.29) is 25.2 Å². The van der Waals surface area contributed by atoms with Crippen molar-refractivity contribution in [2.24, 2.45) is 5.92 Å². The van der Waals surface area contributed by atoms with Gasteiger partial charge in [0.25, 0.3) is 0 Å². The minimum Gasteiger partial charge on any atom is -0.394 e. The maximum absolute atomic E-state index is 12.0. The third-order valence-corrected chi connectivity index (χ3v) is 3.49. The molecule has 1 fully saturated rings. The number of hydrogen-bond acceptors (Lipinski definition) is 4. The molecule has 2 unspecified atom stereocenters. The molecule has 0 bridgehead atoms. The molecule has 0 aromatic heterocycles. The van der Waals surface area contributed by atoms with Gasteiger partial charge in [-0.2, -0.15) is 0 Å². The minimum atomic E-state index is -0.888. The van der Waals surface area contributed by atoms with Crippen LogP contribution in [0.3, 0.4) is 0 Å². The first-order chi connectivity index (χ1) is 7.58. The maximum Gasteiger partial charge on any atom is 0.238 e. The van der Waals surface area contributed by atoms with E-state index in [1.165, 1.54) is 0 Å². The molecular weight excluding hydrogens is 208 g/mol. The highest BCUT2D eigenvalue weighted by atomic mass is 16.3. The molecule has 1 rings (SSSR count). The van der Waals surface area contributed by atoms with Gasteiger partial charge in [-0.05, 0) is 25.3 Å². The Bertz CT molecular complexity index is 233. The summed E-state index contributed by atoms with van der Waals surface area (Å²) >= 11 is 0. The van der Waals surface area contributed by atoms with Crippen molar-refractivity contribution in [3.63, 3.8) is 0 Å². The van der Waals surface area contributed by atoms with E-state index in [0.717, 1.165) is 13.0 Å². The first kappa shape index (κ1) is 13.4. The van der Waals surface area contributed by atoms with Crippen LogP contribution in [0.4, 0.5) is 0 Å². The monoisotopic (exact) mass is 230 g/mol. The van der Waals surface area contributed by atoms with Crippen molar-refractivity contribution in [3.8, 4) is 0 Å². The lowest BCUT2D eigenvalue weighted by Crippen LogP contribution is -2.58. The second-order valence-electron chi connectivity index (χ2n) is 4.64. The van der Waals surface area contributed by atoms with Crippen molar-refractivity contribution in [3.05, 3.63) is 0 Å². The fraction of sp³-hybridized carbons (Fsp3) is 0.909. The van der Waals surface area contributed by atoms with E-state index in [2.05, 4.69) is 10.6 Å². The summed E-state index contributed by atoms with van der Waals surface area (Å²) in [5.74, 6) is 0.168. The Morgan fingerprint density at radius 2 is 2.12 bits per heavy atom. The molecule has 1 heterocycles. The van der Waals surface area contributed by atoms with Crippen LogP contribution in [0.2, 0.25) is 0 Å². The Labute approximate surface area is 96.2 Å². The van der Waals surface area contributed by atoms with Crippen LogP contribution in [-0.4, -0.2) is 47.5 Å². The third-order valence-electron chi connectivity index (χ3n) is 3.49. The lowest BCUT2D eigenvalue weighted by molar-refractivity contribution is -0.127. The van der Waals surface area contributed by atoms with Crippen LogP contribution in [0.1, 0.15) is 26.7 Å². The number of amides is 1. The van der Waals surface area contributed by atoms with Gasteiger partial charge in [-0.3, -0.25) is 4.79 Å². The van der Waals surface area contributed by atoms with E-state index in [0.29, 0.717) is 12.3 Å². The maximum atomic E-state index is 12.0. The third kappa shape index (κ3) is 2.72. The fourth-order valence-corrected chi connectivity index (χ4v) is 1.97. The molecule has 1 aliphatic rings. The van der Waals surface area contributed by atoms with Gasteiger partial charge in [0.1, 0.15) is 0 Å². The topological polar surface area (TPSA) is 81.6 Å². The number of carbonyl (C=O) groups is 1. The summed E-state index contributed by atoms with van der Waals surface area (Å²) in [6, 6.07) is -0.205. The average Bonchev–Trinajstić information content (AvgIpc) is 2.72. The van der Waals surface area contributed by atoms with Crippen LogP contribution in [0.25, 0.3) is 0 Å². The van der Waals surface area contributed by atoms with E-state index in [1.807, 2.05) is 13.8 Å². The molecule has 2 atom stereocenters. The van der Waals surface area contributed by atoms with E-state index < -0.39 is 5.54 Å². The number of carbonyl (C=O) groups excluding carboxylic acids is 1. The molecule has 5 nitrogen and oxygen atoms in total. The van der Waals surface area contributed by atoms with Crippen LogP contribution in [0.5, 0.6) is 0 Å². The van der Waals surface area contributed by atoms with Gasteiger partial charge in [-0.25, -0.2) is 0 Å². The summed E-state index contributed by atoms with van der Waals surface area (Å²) in [6.45, 7) is 4.21. The van der Waals surface area contributed by atoms with Crippen molar-refractivity contribution in [1.29, 1.82) is 0 Å². The summed E-state index contributed by atoms with van der Waals surface area (Å²) < 4.78 is 0. The van der Waals surface area contributed by atoms with Gasteiger partial charge in [0, 0.05) is 0 Å². The Morgan fingerprint density at radius 1 is 1.50 bits per heavy atom. The van der Waals surface area contributed by atoms with Crippen molar-refractivity contribution in [2.75, 3.05) is 19.8 Å². The highest BCUT2D eigenvalue weighted by Gasteiger charge is 2.35. The molecule has 0 spiro atoms. The van der Waals surface area contributed by atoms with Gasteiger partial charge in [0.2, 0.25) is 5.91 Å². The van der Waals surface area contributed by atoms with Gasteiger partial charge < -0.3 is 20.8 Å². The zero-order valence-corrected chi connectivity index (χ0v) is 9.99. The van der Waals surface area contributed by atoms with Crippen molar-refractivity contribution in [2.45, 2.75) is 38.3 Å². The van der Waals surface area contributed by atoms with E-state index in [1.54, 1.807) is 0 Å². The zero-order chi connectivity index (χ0) is 12.2.